The number of rotatable bonds is 7. The van der Waals surface area contributed by atoms with Gasteiger partial charge in [-0.05, 0) is 31.0 Å². The topological polar surface area (TPSA) is 56.0 Å². The molecule has 0 amide bonds. The van der Waals surface area contributed by atoms with E-state index in [0.717, 1.165) is 25.0 Å². The van der Waals surface area contributed by atoms with Gasteiger partial charge in [0.2, 0.25) is 5.89 Å². The van der Waals surface area contributed by atoms with E-state index in [1.54, 1.807) is 6.92 Å². The molecule has 2 aromatic rings. The van der Waals surface area contributed by atoms with Crippen LogP contribution in [0.5, 0.6) is 0 Å². The van der Waals surface area contributed by atoms with Gasteiger partial charge in [-0.3, -0.25) is 4.21 Å². The highest BCUT2D eigenvalue weighted by atomic mass is 32.2. The molecule has 0 spiro atoms. The molecule has 0 fully saturated rings. The Morgan fingerprint density at radius 1 is 1.25 bits per heavy atom. The molecule has 24 heavy (non-hydrogen) atoms. The monoisotopic (exact) mass is 360 g/mol. The lowest BCUT2D eigenvalue weighted by atomic mass is 10.1. The SMILES string of the molecule is CCCCc1nc(C[S@@](=O)[C@H](C)c2ccc(C(F)(F)F)cc2)no1. The maximum atomic E-state index is 12.6. The Labute approximate surface area is 140 Å². The smallest absolute Gasteiger partial charge is 0.339 e. The first kappa shape index (κ1) is 18.6. The molecule has 0 radical (unpaired) electrons. The second kappa shape index (κ2) is 7.92. The van der Waals surface area contributed by atoms with Crippen LogP contribution in [0, 0.1) is 0 Å². The number of alkyl halides is 3. The second-order valence-electron chi connectivity index (χ2n) is 5.49. The largest absolute Gasteiger partial charge is 0.416 e. The minimum Gasteiger partial charge on any atom is -0.339 e. The number of aryl methyl sites for hydroxylation is 1. The number of halogens is 3. The Kier molecular flexibility index (Phi) is 6.15. The molecule has 4 nitrogen and oxygen atoms in total. The molecule has 0 aliphatic rings. The quantitative estimate of drug-likeness (QED) is 0.732. The zero-order chi connectivity index (χ0) is 17.7. The summed E-state index contributed by atoms with van der Waals surface area (Å²) in [4.78, 5) is 4.19. The minimum atomic E-state index is -4.37. The van der Waals surface area contributed by atoms with Gasteiger partial charge in [0, 0.05) is 17.2 Å². The normalized spacial score (nSPS) is 14.5. The Hall–Kier alpha value is -1.70. The molecule has 1 aromatic heterocycles. The number of benzene rings is 1. The lowest BCUT2D eigenvalue weighted by Gasteiger charge is -2.12. The van der Waals surface area contributed by atoms with Crippen molar-refractivity contribution in [2.45, 2.75) is 50.3 Å². The van der Waals surface area contributed by atoms with Crippen molar-refractivity contribution >= 4 is 10.8 Å². The molecule has 0 bridgehead atoms. The number of aromatic nitrogens is 2. The summed E-state index contributed by atoms with van der Waals surface area (Å²) in [6.45, 7) is 3.76. The van der Waals surface area contributed by atoms with Crippen LogP contribution in [0.15, 0.2) is 28.8 Å². The third kappa shape index (κ3) is 4.90. The summed E-state index contributed by atoms with van der Waals surface area (Å²) < 4.78 is 55.2. The van der Waals surface area contributed by atoms with Gasteiger partial charge in [-0.15, -0.1) is 0 Å². The van der Waals surface area contributed by atoms with Crippen molar-refractivity contribution in [2.24, 2.45) is 0 Å². The highest BCUT2D eigenvalue weighted by Crippen LogP contribution is 2.31. The van der Waals surface area contributed by atoms with Gasteiger partial charge in [0.25, 0.3) is 0 Å². The van der Waals surface area contributed by atoms with Crippen LogP contribution in [0.4, 0.5) is 13.2 Å². The number of hydrogen-bond donors (Lipinski definition) is 0. The highest BCUT2D eigenvalue weighted by molar-refractivity contribution is 7.84. The molecule has 1 aromatic carbocycles. The van der Waals surface area contributed by atoms with E-state index < -0.39 is 27.8 Å². The van der Waals surface area contributed by atoms with E-state index in [1.165, 1.54) is 12.1 Å². The Morgan fingerprint density at radius 2 is 1.92 bits per heavy atom. The van der Waals surface area contributed by atoms with E-state index in [9.17, 15) is 17.4 Å². The maximum Gasteiger partial charge on any atom is 0.416 e. The number of unbranched alkanes of at least 4 members (excludes halogenated alkanes) is 1. The van der Waals surface area contributed by atoms with Gasteiger partial charge < -0.3 is 4.52 Å². The number of nitrogens with zero attached hydrogens (tertiary/aromatic N) is 2. The van der Waals surface area contributed by atoms with Crippen LogP contribution < -0.4 is 0 Å². The summed E-state index contributed by atoms with van der Waals surface area (Å²) >= 11 is 0. The molecule has 1 heterocycles. The first-order chi connectivity index (χ1) is 11.3. The molecule has 2 atom stereocenters. The summed E-state index contributed by atoms with van der Waals surface area (Å²) in [6.07, 6.45) is -1.74. The summed E-state index contributed by atoms with van der Waals surface area (Å²) in [5.74, 6) is 0.988. The molecule has 0 N–H and O–H groups in total. The van der Waals surface area contributed by atoms with Gasteiger partial charge in [0.05, 0.1) is 16.6 Å². The van der Waals surface area contributed by atoms with Crippen molar-refractivity contribution < 1.29 is 21.9 Å². The molecular weight excluding hydrogens is 341 g/mol. The van der Waals surface area contributed by atoms with Crippen molar-refractivity contribution in [1.29, 1.82) is 0 Å². The molecule has 0 unspecified atom stereocenters. The van der Waals surface area contributed by atoms with Crippen LogP contribution in [0.3, 0.4) is 0 Å². The van der Waals surface area contributed by atoms with E-state index >= 15 is 0 Å². The first-order valence-electron chi connectivity index (χ1n) is 7.67. The summed E-state index contributed by atoms with van der Waals surface area (Å²) in [6, 6.07) is 4.71. The van der Waals surface area contributed by atoms with E-state index in [2.05, 4.69) is 17.1 Å². The number of hydrogen-bond acceptors (Lipinski definition) is 4. The average Bonchev–Trinajstić information content (AvgIpc) is 2.98. The van der Waals surface area contributed by atoms with Crippen LogP contribution in [0.1, 0.15) is 54.8 Å². The van der Waals surface area contributed by atoms with Gasteiger partial charge in [0.1, 0.15) is 0 Å². The van der Waals surface area contributed by atoms with Crippen molar-refractivity contribution in [2.75, 3.05) is 0 Å². The Morgan fingerprint density at radius 3 is 2.50 bits per heavy atom. The molecule has 8 heteroatoms. The van der Waals surface area contributed by atoms with E-state index in [-0.39, 0.29) is 5.75 Å². The fraction of sp³-hybridized carbons (Fsp3) is 0.500. The molecular formula is C16H19F3N2O2S. The molecule has 0 saturated heterocycles. The fourth-order valence-corrected chi connectivity index (χ4v) is 3.21. The van der Waals surface area contributed by atoms with Crippen LogP contribution in [0.2, 0.25) is 0 Å². The van der Waals surface area contributed by atoms with Crippen LogP contribution in [-0.2, 0) is 29.1 Å². The van der Waals surface area contributed by atoms with Crippen molar-refractivity contribution in [3.05, 3.63) is 47.1 Å². The standard InChI is InChI=1S/C16H19F3N2O2S/c1-3-4-5-15-20-14(21-23-15)10-24(22)11(2)12-6-8-13(9-7-12)16(17,18)19/h6-9,11H,3-5,10H2,1-2H3/t11-,24-/m1/s1. The molecule has 0 saturated carbocycles. The highest BCUT2D eigenvalue weighted by Gasteiger charge is 2.30. The third-order valence-electron chi connectivity index (χ3n) is 3.63. The van der Waals surface area contributed by atoms with Gasteiger partial charge in [-0.1, -0.05) is 30.6 Å². The zero-order valence-electron chi connectivity index (χ0n) is 13.5. The summed E-state index contributed by atoms with van der Waals surface area (Å²) in [7, 11) is -1.35. The first-order valence-corrected chi connectivity index (χ1v) is 9.05. The molecule has 132 valence electrons. The van der Waals surface area contributed by atoms with Crippen molar-refractivity contribution in [3.8, 4) is 0 Å². The van der Waals surface area contributed by atoms with Gasteiger partial charge in [-0.2, -0.15) is 18.2 Å². The Bertz CT molecular complexity index is 683. The lowest BCUT2D eigenvalue weighted by Crippen LogP contribution is -2.08. The predicted octanol–water partition coefficient (Wildman–Crippen LogP) is 4.44. The van der Waals surface area contributed by atoms with Crippen LogP contribution in [-0.4, -0.2) is 14.3 Å². The zero-order valence-corrected chi connectivity index (χ0v) is 14.3. The van der Waals surface area contributed by atoms with Gasteiger partial charge in [0.15, 0.2) is 5.82 Å². The molecule has 2 rings (SSSR count). The third-order valence-corrected chi connectivity index (χ3v) is 5.23. The second-order valence-corrected chi connectivity index (χ2v) is 7.25. The fourth-order valence-electron chi connectivity index (χ4n) is 2.13. The summed E-state index contributed by atoms with van der Waals surface area (Å²) in [5, 5.41) is 3.38. The lowest BCUT2D eigenvalue weighted by molar-refractivity contribution is -0.137. The van der Waals surface area contributed by atoms with E-state index in [1.807, 2.05) is 0 Å². The van der Waals surface area contributed by atoms with Crippen LogP contribution >= 0.6 is 0 Å². The minimum absolute atomic E-state index is 0.109. The van der Waals surface area contributed by atoms with Gasteiger partial charge in [-0.25, -0.2) is 0 Å². The van der Waals surface area contributed by atoms with E-state index in [0.29, 0.717) is 23.7 Å². The van der Waals surface area contributed by atoms with Crippen LogP contribution in [0.25, 0.3) is 0 Å². The molecule has 0 aliphatic heterocycles. The van der Waals surface area contributed by atoms with Crippen molar-refractivity contribution in [3.63, 3.8) is 0 Å². The van der Waals surface area contributed by atoms with Gasteiger partial charge >= 0.3 is 6.18 Å². The van der Waals surface area contributed by atoms with Crippen molar-refractivity contribution in [1.82, 2.24) is 10.1 Å². The maximum absolute atomic E-state index is 12.6. The van der Waals surface area contributed by atoms with E-state index in [4.69, 9.17) is 4.52 Å². The Balaban J connectivity index is 2.00. The summed E-state index contributed by atoms with van der Waals surface area (Å²) in [5.41, 5.74) is -0.140. The molecule has 0 aliphatic carbocycles. The average molecular weight is 360 g/mol. The predicted molar refractivity (Wildman–Crippen MR) is 84.6 cm³/mol.